The van der Waals surface area contributed by atoms with Gasteiger partial charge in [-0.3, -0.25) is 15.5 Å². The lowest BCUT2D eigenvalue weighted by atomic mass is 10.4. The maximum absolute atomic E-state index is 11.1. The molecule has 0 spiro atoms. The van der Waals surface area contributed by atoms with E-state index in [4.69, 9.17) is 5.84 Å². The summed E-state index contributed by atoms with van der Waals surface area (Å²) in [7, 11) is 2.03. The highest BCUT2D eigenvalue weighted by molar-refractivity contribution is 5.68. The molecule has 0 saturated carbocycles. The zero-order valence-electron chi connectivity index (χ0n) is 10.5. The summed E-state index contributed by atoms with van der Waals surface area (Å²) in [6, 6.07) is 0. The third-order valence-corrected chi connectivity index (χ3v) is 2.91. The molecule has 10 heteroatoms. The number of likely N-dealkylation sites (N-methyl/N-ethyl adjacent to an activating group) is 1. The number of hydrogen-bond acceptors (Lipinski definition) is 9. The van der Waals surface area contributed by atoms with Crippen molar-refractivity contribution < 1.29 is 4.92 Å². The SMILES string of the molecule is CN1CCN(Nc2ncnc(NN)c2[N+](=O)[O-])CC1. The summed E-state index contributed by atoms with van der Waals surface area (Å²) in [5.41, 5.74) is 4.89. The quantitative estimate of drug-likeness (QED) is 0.367. The number of rotatable bonds is 4. The molecular formula is C9H16N8O2. The molecule has 0 amide bonds. The topological polar surface area (TPSA) is 125 Å². The monoisotopic (exact) mass is 268 g/mol. The molecule has 10 nitrogen and oxygen atoms in total. The number of nitro groups is 1. The van der Waals surface area contributed by atoms with E-state index in [1.54, 1.807) is 0 Å². The van der Waals surface area contributed by atoms with E-state index in [9.17, 15) is 10.1 Å². The number of nitrogens with two attached hydrogens (primary N) is 1. The normalized spacial score (nSPS) is 17.2. The van der Waals surface area contributed by atoms with Gasteiger partial charge >= 0.3 is 5.69 Å². The minimum Gasteiger partial charge on any atom is -0.304 e. The molecule has 0 aromatic carbocycles. The molecule has 1 saturated heterocycles. The molecular weight excluding hydrogens is 252 g/mol. The number of anilines is 2. The Kier molecular flexibility index (Phi) is 4.04. The van der Waals surface area contributed by atoms with Gasteiger partial charge in [0, 0.05) is 26.2 Å². The Morgan fingerprint density at radius 2 is 1.95 bits per heavy atom. The third-order valence-electron chi connectivity index (χ3n) is 2.91. The molecule has 0 atom stereocenters. The van der Waals surface area contributed by atoms with Gasteiger partial charge in [-0.15, -0.1) is 0 Å². The summed E-state index contributed by atoms with van der Waals surface area (Å²) in [4.78, 5) is 20.3. The van der Waals surface area contributed by atoms with Gasteiger partial charge in [0.25, 0.3) is 0 Å². The van der Waals surface area contributed by atoms with E-state index in [1.807, 2.05) is 12.1 Å². The zero-order chi connectivity index (χ0) is 13.8. The molecule has 1 aromatic rings. The second-order valence-electron chi connectivity index (χ2n) is 4.22. The van der Waals surface area contributed by atoms with Crippen molar-refractivity contribution in [3.05, 3.63) is 16.4 Å². The average Bonchev–Trinajstić information content (AvgIpc) is 2.40. The number of hydrazine groups is 2. The van der Waals surface area contributed by atoms with Crippen molar-refractivity contribution in [2.24, 2.45) is 5.84 Å². The van der Waals surface area contributed by atoms with Gasteiger partial charge in [0.1, 0.15) is 6.33 Å². The Morgan fingerprint density at radius 3 is 2.53 bits per heavy atom. The standard InChI is InChI=1S/C9H16N8O2/c1-15-2-4-16(5-3-15)14-9-7(17(18)19)8(13-10)11-6-12-9/h6H,2-5,10H2,1H3,(H2,11,12,13,14). The zero-order valence-corrected chi connectivity index (χ0v) is 10.5. The number of nitrogen functional groups attached to an aromatic ring is 1. The lowest BCUT2D eigenvalue weighted by Crippen LogP contribution is -2.47. The van der Waals surface area contributed by atoms with Crippen LogP contribution in [0, 0.1) is 10.1 Å². The van der Waals surface area contributed by atoms with Crippen LogP contribution in [0.25, 0.3) is 0 Å². The molecule has 1 aliphatic heterocycles. The summed E-state index contributed by atoms with van der Waals surface area (Å²) in [6.07, 6.45) is 1.22. The van der Waals surface area contributed by atoms with Crippen LogP contribution in [-0.2, 0) is 0 Å². The second-order valence-corrected chi connectivity index (χ2v) is 4.22. The van der Waals surface area contributed by atoms with Crippen molar-refractivity contribution in [3.63, 3.8) is 0 Å². The molecule has 1 fully saturated rings. The van der Waals surface area contributed by atoms with Crippen molar-refractivity contribution in [1.29, 1.82) is 0 Å². The first-order chi connectivity index (χ1) is 9.11. The van der Waals surface area contributed by atoms with Crippen LogP contribution >= 0.6 is 0 Å². The fourth-order valence-corrected chi connectivity index (χ4v) is 1.81. The van der Waals surface area contributed by atoms with Crippen LogP contribution in [0.2, 0.25) is 0 Å². The summed E-state index contributed by atoms with van der Waals surface area (Å²) in [5, 5.41) is 12.9. The predicted octanol–water partition coefficient (Wildman–Crippen LogP) is -0.755. The highest BCUT2D eigenvalue weighted by atomic mass is 16.6. The fraction of sp³-hybridized carbons (Fsp3) is 0.556. The molecule has 1 aromatic heterocycles. The lowest BCUT2D eigenvalue weighted by molar-refractivity contribution is -0.383. The smallest absolute Gasteiger partial charge is 0.304 e. The molecule has 0 bridgehead atoms. The number of nitrogens with zero attached hydrogens (tertiary/aromatic N) is 5. The minimum atomic E-state index is -0.562. The van der Waals surface area contributed by atoms with Crippen LogP contribution in [0.1, 0.15) is 0 Å². The largest absolute Gasteiger partial charge is 0.355 e. The van der Waals surface area contributed by atoms with Gasteiger partial charge in [-0.05, 0) is 7.05 Å². The molecule has 0 unspecified atom stereocenters. The van der Waals surface area contributed by atoms with Crippen LogP contribution in [0.4, 0.5) is 17.3 Å². The fourth-order valence-electron chi connectivity index (χ4n) is 1.81. The van der Waals surface area contributed by atoms with Crippen molar-refractivity contribution in [3.8, 4) is 0 Å². The first-order valence-electron chi connectivity index (χ1n) is 5.78. The van der Waals surface area contributed by atoms with Gasteiger partial charge in [-0.2, -0.15) is 0 Å². The van der Waals surface area contributed by atoms with Crippen LogP contribution in [0.3, 0.4) is 0 Å². The van der Waals surface area contributed by atoms with Gasteiger partial charge in [0.05, 0.1) is 4.92 Å². The molecule has 4 N–H and O–H groups in total. The van der Waals surface area contributed by atoms with E-state index in [-0.39, 0.29) is 17.3 Å². The molecule has 19 heavy (non-hydrogen) atoms. The first kappa shape index (κ1) is 13.4. The van der Waals surface area contributed by atoms with E-state index in [1.165, 1.54) is 6.33 Å². The van der Waals surface area contributed by atoms with Crippen LogP contribution in [0.5, 0.6) is 0 Å². The Bertz CT molecular complexity index is 460. The van der Waals surface area contributed by atoms with Gasteiger partial charge in [-0.25, -0.2) is 20.8 Å². The van der Waals surface area contributed by atoms with Crippen LogP contribution in [0.15, 0.2) is 6.33 Å². The van der Waals surface area contributed by atoms with E-state index >= 15 is 0 Å². The molecule has 2 rings (SSSR count). The Labute approximate surface area is 109 Å². The third kappa shape index (κ3) is 3.05. The first-order valence-corrected chi connectivity index (χ1v) is 5.78. The molecule has 2 heterocycles. The van der Waals surface area contributed by atoms with E-state index in [0.29, 0.717) is 0 Å². The Balaban J connectivity index is 2.17. The maximum atomic E-state index is 11.1. The van der Waals surface area contributed by atoms with Crippen molar-refractivity contribution >= 4 is 17.3 Å². The Hall–Kier alpha value is -2.04. The minimum absolute atomic E-state index is 0.0170. The van der Waals surface area contributed by atoms with Gasteiger partial charge < -0.3 is 10.3 Å². The number of hydrogen-bond donors (Lipinski definition) is 3. The van der Waals surface area contributed by atoms with Crippen molar-refractivity contribution in [2.45, 2.75) is 0 Å². The predicted molar refractivity (Wildman–Crippen MR) is 69.2 cm³/mol. The summed E-state index contributed by atoms with van der Waals surface area (Å²) >= 11 is 0. The highest BCUT2D eigenvalue weighted by Crippen LogP contribution is 2.28. The summed E-state index contributed by atoms with van der Waals surface area (Å²) in [6.45, 7) is 3.27. The highest BCUT2D eigenvalue weighted by Gasteiger charge is 2.24. The molecule has 0 aliphatic carbocycles. The molecule has 104 valence electrons. The van der Waals surface area contributed by atoms with Gasteiger partial charge in [-0.1, -0.05) is 0 Å². The summed E-state index contributed by atoms with van der Waals surface area (Å²) in [5.74, 6) is 5.34. The number of nitrogens with one attached hydrogen (secondary N) is 2. The number of piperazine rings is 1. The maximum Gasteiger partial charge on any atom is 0.355 e. The van der Waals surface area contributed by atoms with Crippen molar-refractivity contribution in [2.75, 3.05) is 44.1 Å². The number of aromatic nitrogens is 2. The molecule has 1 aliphatic rings. The van der Waals surface area contributed by atoms with Crippen LogP contribution < -0.4 is 16.7 Å². The Morgan fingerprint density at radius 1 is 1.32 bits per heavy atom. The van der Waals surface area contributed by atoms with E-state index < -0.39 is 4.92 Å². The summed E-state index contributed by atoms with van der Waals surface area (Å²) < 4.78 is 0. The van der Waals surface area contributed by atoms with Gasteiger partial charge in [0.2, 0.25) is 11.6 Å². The van der Waals surface area contributed by atoms with E-state index in [0.717, 1.165) is 26.2 Å². The second kappa shape index (κ2) is 5.73. The van der Waals surface area contributed by atoms with Crippen molar-refractivity contribution in [1.82, 2.24) is 19.9 Å². The van der Waals surface area contributed by atoms with Gasteiger partial charge in [0.15, 0.2) is 0 Å². The lowest BCUT2D eigenvalue weighted by Gasteiger charge is -2.32. The van der Waals surface area contributed by atoms with Crippen LogP contribution in [-0.4, -0.2) is 58.0 Å². The van der Waals surface area contributed by atoms with E-state index in [2.05, 4.69) is 25.7 Å². The molecule has 0 radical (unpaired) electrons. The average molecular weight is 268 g/mol.